The fourth-order valence-electron chi connectivity index (χ4n) is 3.88. The van der Waals surface area contributed by atoms with Gasteiger partial charge in [-0.25, -0.2) is 24.1 Å². The van der Waals surface area contributed by atoms with E-state index in [2.05, 4.69) is 25.6 Å². The Kier molecular flexibility index (Phi) is 6.03. The van der Waals surface area contributed by atoms with Crippen LogP contribution in [0.4, 0.5) is 19.5 Å². The number of rotatable bonds is 7. The Labute approximate surface area is 197 Å². The smallest absolute Gasteiger partial charge is 0.317 e. The largest absolute Gasteiger partial charge is 0.392 e. The maximum Gasteiger partial charge on any atom is 0.317 e. The van der Waals surface area contributed by atoms with E-state index in [4.69, 9.17) is 0 Å². The van der Waals surface area contributed by atoms with Crippen LogP contribution in [-0.4, -0.2) is 57.2 Å². The van der Waals surface area contributed by atoms with Gasteiger partial charge >= 0.3 is 6.03 Å². The van der Waals surface area contributed by atoms with E-state index in [-0.39, 0.29) is 24.3 Å². The maximum absolute atomic E-state index is 14.7. The van der Waals surface area contributed by atoms with Crippen molar-refractivity contribution in [2.75, 3.05) is 31.5 Å². The van der Waals surface area contributed by atoms with Gasteiger partial charge in [0.25, 0.3) is 0 Å². The first kappa shape index (κ1) is 22.1. The van der Waals surface area contributed by atoms with Crippen molar-refractivity contribution in [2.45, 2.75) is 6.61 Å². The number of hydrogen-bond acceptors (Lipinski definition) is 7. The quantitative estimate of drug-likeness (QED) is 0.348. The number of anilines is 1. The number of nitrogens with zero attached hydrogens (tertiary/aromatic N) is 4. The molecule has 0 saturated carbocycles. The van der Waals surface area contributed by atoms with Gasteiger partial charge in [-0.05, 0) is 17.0 Å². The first-order valence-electron chi connectivity index (χ1n) is 10.6. The summed E-state index contributed by atoms with van der Waals surface area (Å²) in [7, 11) is 0. The number of hydrogen-bond donors (Lipinski definition) is 3. The molecule has 4 aromatic rings. The lowest BCUT2D eigenvalue weighted by atomic mass is 10.0. The standard InChI is InChI=1S/C23H20F2N6O2S/c24-17-11-29-22(26-4-6-31-7-5-27-23(31)33)30-20(17)18-8-13-2-1-3-15(21(13)34-18)16-9-19(25)28-10-14(16)12-32/h1-3,8-11,32H,4-7,12H2,(H,27,33)(H,26,29,30). The summed E-state index contributed by atoms with van der Waals surface area (Å²) in [5.41, 5.74) is 1.89. The average Bonchev–Trinajstić information content (AvgIpc) is 3.46. The second-order valence-corrected chi connectivity index (χ2v) is 8.74. The topological polar surface area (TPSA) is 103 Å². The van der Waals surface area contributed by atoms with Crippen molar-refractivity contribution < 1.29 is 18.7 Å². The molecule has 5 rings (SSSR count). The van der Waals surface area contributed by atoms with Crippen LogP contribution in [0.1, 0.15) is 5.56 Å². The number of benzene rings is 1. The Bertz CT molecular complexity index is 1380. The van der Waals surface area contributed by atoms with Crippen LogP contribution in [0.15, 0.2) is 42.7 Å². The Morgan fingerprint density at radius 1 is 1.18 bits per heavy atom. The Morgan fingerprint density at radius 3 is 2.85 bits per heavy atom. The van der Waals surface area contributed by atoms with E-state index < -0.39 is 11.8 Å². The third-order valence-corrected chi connectivity index (χ3v) is 6.74. The molecule has 1 aromatic carbocycles. The minimum atomic E-state index is -0.648. The zero-order chi connectivity index (χ0) is 23.7. The van der Waals surface area contributed by atoms with Gasteiger partial charge in [0.1, 0.15) is 5.69 Å². The van der Waals surface area contributed by atoms with Crippen molar-refractivity contribution in [3.05, 3.63) is 60.1 Å². The molecule has 0 bridgehead atoms. The molecule has 3 aromatic heterocycles. The number of amides is 2. The molecule has 34 heavy (non-hydrogen) atoms. The van der Waals surface area contributed by atoms with Crippen LogP contribution >= 0.6 is 11.3 Å². The van der Waals surface area contributed by atoms with E-state index in [0.29, 0.717) is 42.2 Å². The van der Waals surface area contributed by atoms with Gasteiger partial charge in [-0.2, -0.15) is 4.39 Å². The van der Waals surface area contributed by atoms with E-state index in [1.165, 1.54) is 23.6 Å². The minimum Gasteiger partial charge on any atom is -0.392 e. The predicted octanol–water partition coefficient (Wildman–Crippen LogP) is 3.63. The summed E-state index contributed by atoms with van der Waals surface area (Å²) in [6, 6.07) is 8.53. The zero-order valence-corrected chi connectivity index (χ0v) is 18.7. The average molecular weight is 483 g/mol. The van der Waals surface area contributed by atoms with Gasteiger partial charge in [0.15, 0.2) is 5.82 Å². The second-order valence-electron chi connectivity index (χ2n) is 7.69. The number of nitrogens with one attached hydrogen (secondary N) is 2. The van der Waals surface area contributed by atoms with Gasteiger partial charge in [0.05, 0.1) is 17.7 Å². The third-order valence-electron chi connectivity index (χ3n) is 5.55. The Hall–Kier alpha value is -3.70. The molecule has 1 aliphatic heterocycles. The predicted molar refractivity (Wildman–Crippen MR) is 125 cm³/mol. The lowest BCUT2D eigenvalue weighted by molar-refractivity contribution is 0.219. The van der Waals surface area contributed by atoms with Crippen LogP contribution in [0.25, 0.3) is 31.8 Å². The number of carbonyl (C=O) groups is 1. The highest BCUT2D eigenvalue weighted by Crippen LogP contribution is 2.40. The summed E-state index contributed by atoms with van der Waals surface area (Å²) in [5, 5.41) is 16.3. The third kappa shape index (κ3) is 4.27. The fourth-order valence-corrected chi connectivity index (χ4v) is 5.06. The Balaban J connectivity index is 1.46. The molecule has 0 spiro atoms. The van der Waals surface area contributed by atoms with E-state index in [1.807, 2.05) is 24.3 Å². The van der Waals surface area contributed by atoms with Crippen LogP contribution in [0, 0.1) is 11.8 Å². The van der Waals surface area contributed by atoms with Crippen molar-refractivity contribution in [1.29, 1.82) is 0 Å². The summed E-state index contributed by atoms with van der Waals surface area (Å²) in [5.74, 6) is -0.957. The van der Waals surface area contributed by atoms with Gasteiger partial charge in [-0.1, -0.05) is 18.2 Å². The van der Waals surface area contributed by atoms with Crippen molar-refractivity contribution in [1.82, 2.24) is 25.2 Å². The number of aromatic nitrogens is 3. The molecule has 0 radical (unpaired) electrons. The molecular weight excluding hydrogens is 462 g/mol. The summed E-state index contributed by atoms with van der Waals surface area (Å²) in [4.78, 5) is 25.9. The molecule has 1 saturated heterocycles. The van der Waals surface area contributed by atoms with Gasteiger partial charge in [-0.15, -0.1) is 11.3 Å². The summed E-state index contributed by atoms with van der Waals surface area (Å²) >= 11 is 1.32. The second kappa shape index (κ2) is 9.27. The molecule has 2 amide bonds. The molecule has 4 heterocycles. The molecule has 0 unspecified atom stereocenters. The van der Waals surface area contributed by atoms with Gasteiger partial charge in [-0.3, -0.25) is 0 Å². The lowest BCUT2D eigenvalue weighted by Gasteiger charge is -2.14. The van der Waals surface area contributed by atoms with Crippen molar-refractivity contribution >= 4 is 33.4 Å². The van der Waals surface area contributed by atoms with Gasteiger partial charge < -0.3 is 20.6 Å². The SMILES string of the molecule is O=C1NCCN1CCNc1ncc(F)c(-c2cc3cccc(-c4cc(F)ncc4CO)c3s2)n1. The van der Waals surface area contributed by atoms with Crippen LogP contribution < -0.4 is 10.6 Å². The Morgan fingerprint density at radius 2 is 2.06 bits per heavy atom. The van der Waals surface area contributed by atoms with Gasteiger partial charge in [0, 0.05) is 54.3 Å². The van der Waals surface area contributed by atoms with Crippen molar-refractivity contribution in [3.8, 4) is 21.7 Å². The number of pyridine rings is 1. The van der Waals surface area contributed by atoms with Crippen LogP contribution in [-0.2, 0) is 6.61 Å². The highest BCUT2D eigenvalue weighted by atomic mass is 32.1. The fraction of sp³-hybridized carbons (Fsp3) is 0.217. The lowest BCUT2D eigenvalue weighted by Crippen LogP contribution is -2.32. The van der Waals surface area contributed by atoms with Crippen LogP contribution in [0.5, 0.6) is 0 Å². The molecule has 8 nitrogen and oxygen atoms in total. The molecule has 3 N–H and O–H groups in total. The first-order chi connectivity index (χ1) is 16.5. The molecule has 11 heteroatoms. The number of carbonyl (C=O) groups excluding carboxylic acids is 1. The van der Waals surface area contributed by atoms with E-state index in [9.17, 15) is 18.7 Å². The number of thiophene rings is 1. The maximum atomic E-state index is 14.7. The van der Waals surface area contributed by atoms with Crippen molar-refractivity contribution in [3.63, 3.8) is 0 Å². The number of urea groups is 1. The van der Waals surface area contributed by atoms with Crippen molar-refractivity contribution in [2.24, 2.45) is 0 Å². The van der Waals surface area contributed by atoms with Crippen LogP contribution in [0.3, 0.4) is 0 Å². The zero-order valence-electron chi connectivity index (χ0n) is 17.9. The first-order valence-corrected chi connectivity index (χ1v) is 11.4. The number of aliphatic hydroxyl groups excluding tert-OH is 1. The number of aliphatic hydroxyl groups is 1. The monoisotopic (exact) mass is 482 g/mol. The van der Waals surface area contributed by atoms with Gasteiger partial charge in [0.2, 0.25) is 11.9 Å². The highest BCUT2D eigenvalue weighted by Gasteiger charge is 2.19. The molecule has 174 valence electrons. The molecule has 1 aliphatic rings. The van der Waals surface area contributed by atoms with E-state index in [1.54, 1.807) is 4.90 Å². The molecule has 1 fully saturated rings. The summed E-state index contributed by atoms with van der Waals surface area (Å²) < 4.78 is 29.4. The minimum absolute atomic E-state index is 0.109. The molecular formula is C23H20F2N6O2S. The molecule has 0 aliphatic carbocycles. The highest BCUT2D eigenvalue weighted by molar-refractivity contribution is 7.22. The van der Waals surface area contributed by atoms with Crippen LogP contribution in [0.2, 0.25) is 0 Å². The summed E-state index contributed by atoms with van der Waals surface area (Å²) in [6.45, 7) is 1.87. The summed E-state index contributed by atoms with van der Waals surface area (Å²) in [6.07, 6.45) is 2.42. The van der Waals surface area contributed by atoms with E-state index >= 15 is 0 Å². The number of halogens is 2. The van der Waals surface area contributed by atoms with E-state index in [0.717, 1.165) is 21.8 Å². The molecule has 0 atom stereocenters. The number of fused-ring (bicyclic) bond motifs is 1. The normalized spacial score (nSPS) is 13.5.